The van der Waals surface area contributed by atoms with Crippen molar-refractivity contribution in [3.63, 3.8) is 0 Å². The summed E-state index contributed by atoms with van der Waals surface area (Å²) in [4.78, 5) is 14.8. The van der Waals surface area contributed by atoms with Crippen molar-refractivity contribution in [2.24, 2.45) is 11.1 Å². The lowest BCUT2D eigenvalue weighted by Gasteiger charge is -2.22. The van der Waals surface area contributed by atoms with Crippen molar-refractivity contribution in [1.82, 2.24) is 4.90 Å². The number of halogens is 1. The summed E-state index contributed by atoms with van der Waals surface area (Å²) in [7, 11) is -1.23. The average molecular weight is 389 g/mol. The lowest BCUT2D eigenvalue weighted by molar-refractivity contribution is -0.130. The third-order valence-corrected chi connectivity index (χ3v) is 6.04. The third-order valence-electron chi connectivity index (χ3n) is 4.68. The Labute approximate surface area is 156 Å². The number of fused-ring (bicyclic) bond motifs is 1. The first-order valence-electron chi connectivity index (χ1n) is 8.27. The van der Waals surface area contributed by atoms with E-state index in [9.17, 15) is 9.00 Å². The Morgan fingerprint density at radius 1 is 1.32 bits per heavy atom. The summed E-state index contributed by atoms with van der Waals surface area (Å²) in [6, 6.07) is 5.29. The van der Waals surface area contributed by atoms with Crippen LogP contribution in [0.4, 0.5) is 0 Å². The number of nitrogens with zero attached hydrogens (tertiary/aromatic N) is 1. The monoisotopic (exact) mass is 388 g/mol. The smallest absolute Gasteiger partial charge is 0.223 e. The zero-order valence-electron chi connectivity index (χ0n) is 14.4. The molecule has 1 fully saturated rings. The van der Waals surface area contributed by atoms with E-state index >= 15 is 0 Å². The number of rotatable bonds is 5. The Morgan fingerprint density at radius 2 is 2.04 bits per heavy atom. The van der Waals surface area contributed by atoms with E-state index in [2.05, 4.69) is 6.92 Å². The SMILES string of the molecule is CC1(CN)CCN(C(=O)CCS(=O)c2ccc3c(c2)OCCO3)C1.Cl. The summed E-state index contributed by atoms with van der Waals surface area (Å²) < 4.78 is 23.4. The normalized spacial score (nSPS) is 23.0. The highest BCUT2D eigenvalue weighted by molar-refractivity contribution is 7.85. The molecule has 0 spiro atoms. The van der Waals surface area contributed by atoms with Crippen molar-refractivity contribution in [1.29, 1.82) is 0 Å². The van der Waals surface area contributed by atoms with Crippen LogP contribution in [-0.2, 0) is 15.6 Å². The summed E-state index contributed by atoms with van der Waals surface area (Å²) in [6.45, 7) is 5.15. The van der Waals surface area contributed by atoms with Gasteiger partial charge in [0, 0.05) is 36.2 Å². The molecule has 6 nitrogen and oxygen atoms in total. The molecule has 2 unspecified atom stereocenters. The molecular formula is C17H25ClN2O4S. The van der Waals surface area contributed by atoms with Gasteiger partial charge in [-0.15, -0.1) is 12.4 Å². The number of carbonyl (C=O) groups excluding carboxylic acids is 1. The molecular weight excluding hydrogens is 364 g/mol. The maximum absolute atomic E-state index is 12.5. The Morgan fingerprint density at radius 3 is 2.72 bits per heavy atom. The molecule has 1 amide bonds. The number of nitrogens with two attached hydrogens (primary N) is 1. The average Bonchev–Trinajstić information content (AvgIpc) is 3.02. The minimum absolute atomic E-state index is 0. The molecule has 2 N–H and O–H groups in total. The van der Waals surface area contributed by atoms with E-state index in [4.69, 9.17) is 15.2 Å². The second-order valence-corrected chi connectivity index (χ2v) is 8.26. The maximum atomic E-state index is 12.5. The first-order valence-corrected chi connectivity index (χ1v) is 9.58. The fourth-order valence-electron chi connectivity index (χ4n) is 3.02. The predicted octanol–water partition coefficient (Wildman–Crippen LogP) is 1.57. The van der Waals surface area contributed by atoms with E-state index in [-0.39, 0.29) is 30.2 Å². The molecule has 0 radical (unpaired) electrons. The number of hydrogen-bond acceptors (Lipinski definition) is 5. The molecule has 2 aliphatic rings. The number of likely N-dealkylation sites (tertiary alicyclic amines) is 1. The zero-order chi connectivity index (χ0) is 17.2. The number of hydrogen-bond donors (Lipinski definition) is 1. The van der Waals surface area contributed by atoms with Gasteiger partial charge in [-0.1, -0.05) is 6.92 Å². The molecule has 0 bridgehead atoms. The van der Waals surface area contributed by atoms with E-state index in [1.54, 1.807) is 18.2 Å². The second kappa shape index (κ2) is 8.38. The number of amides is 1. The van der Waals surface area contributed by atoms with Crippen molar-refractivity contribution in [2.75, 3.05) is 38.6 Å². The Kier molecular flexibility index (Phi) is 6.71. The molecule has 8 heteroatoms. The highest BCUT2D eigenvalue weighted by Crippen LogP contribution is 2.32. The van der Waals surface area contributed by atoms with Gasteiger partial charge in [-0.25, -0.2) is 0 Å². The lowest BCUT2D eigenvalue weighted by Crippen LogP contribution is -2.34. The topological polar surface area (TPSA) is 81.9 Å². The van der Waals surface area contributed by atoms with Crippen LogP contribution in [0.5, 0.6) is 11.5 Å². The van der Waals surface area contributed by atoms with E-state index in [1.165, 1.54) is 0 Å². The molecule has 3 rings (SSSR count). The zero-order valence-corrected chi connectivity index (χ0v) is 16.0. The van der Waals surface area contributed by atoms with Gasteiger partial charge in [0.1, 0.15) is 13.2 Å². The Bertz CT molecular complexity index is 658. The summed E-state index contributed by atoms with van der Waals surface area (Å²) in [6.07, 6.45) is 1.21. The van der Waals surface area contributed by atoms with E-state index in [1.807, 2.05) is 4.90 Å². The standard InChI is InChI=1S/C17H24N2O4S.ClH/c1-17(11-18)5-6-19(12-17)16(20)4-9-24(21)13-2-3-14-15(10-13)23-8-7-22-14;/h2-3,10H,4-9,11-12,18H2,1H3;1H. The first kappa shape index (κ1) is 20.0. The quantitative estimate of drug-likeness (QED) is 0.828. The fraction of sp³-hybridized carbons (Fsp3) is 0.588. The van der Waals surface area contributed by atoms with Crippen molar-refractivity contribution in [3.05, 3.63) is 18.2 Å². The van der Waals surface area contributed by atoms with Crippen LogP contribution in [0.2, 0.25) is 0 Å². The molecule has 0 saturated carbocycles. The van der Waals surface area contributed by atoms with Gasteiger partial charge < -0.3 is 20.1 Å². The van der Waals surface area contributed by atoms with E-state index in [0.29, 0.717) is 48.5 Å². The van der Waals surface area contributed by atoms with E-state index in [0.717, 1.165) is 13.0 Å². The van der Waals surface area contributed by atoms with Crippen molar-refractivity contribution in [2.45, 2.75) is 24.7 Å². The third kappa shape index (κ3) is 4.65. The van der Waals surface area contributed by atoms with Gasteiger partial charge in [-0.3, -0.25) is 9.00 Å². The van der Waals surface area contributed by atoms with Crippen LogP contribution in [0.15, 0.2) is 23.1 Å². The summed E-state index contributed by atoms with van der Waals surface area (Å²) >= 11 is 0. The molecule has 1 aromatic carbocycles. The molecule has 1 saturated heterocycles. The van der Waals surface area contributed by atoms with Gasteiger partial charge >= 0.3 is 0 Å². The van der Waals surface area contributed by atoms with Crippen LogP contribution in [-0.4, -0.2) is 53.6 Å². The Hall–Kier alpha value is -1.31. The van der Waals surface area contributed by atoms with Crippen molar-refractivity contribution < 1.29 is 18.5 Å². The van der Waals surface area contributed by atoms with Gasteiger partial charge in [0.25, 0.3) is 0 Å². The van der Waals surface area contributed by atoms with Gasteiger partial charge in [0.05, 0.1) is 10.8 Å². The van der Waals surface area contributed by atoms with Crippen LogP contribution < -0.4 is 15.2 Å². The van der Waals surface area contributed by atoms with Crippen LogP contribution in [0.1, 0.15) is 19.8 Å². The van der Waals surface area contributed by atoms with E-state index < -0.39 is 10.8 Å². The Balaban J connectivity index is 0.00000225. The molecule has 0 aliphatic carbocycles. The van der Waals surface area contributed by atoms with Crippen LogP contribution in [0.25, 0.3) is 0 Å². The molecule has 2 atom stereocenters. The number of benzene rings is 1. The molecule has 2 heterocycles. The van der Waals surface area contributed by atoms with Crippen molar-refractivity contribution >= 4 is 29.1 Å². The van der Waals surface area contributed by atoms with Crippen molar-refractivity contribution in [3.8, 4) is 11.5 Å². The molecule has 1 aromatic rings. The van der Waals surface area contributed by atoms with Gasteiger partial charge in [-0.2, -0.15) is 0 Å². The maximum Gasteiger partial charge on any atom is 0.223 e. The number of carbonyl (C=O) groups is 1. The largest absolute Gasteiger partial charge is 0.486 e. The summed E-state index contributed by atoms with van der Waals surface area (Å²) in [5.41, 5.74) is 5.79. The summed E-state index contributed by atoms with van der Waals surface area (Å²) in [5, 5.41) is 0. The van der Waals surface area contributed by atoms with Crippen LogP contribution >= 0.6 is 12.4 Å². The van der Waals surface area contributed by atoms with Crippen LogP contribution in [0.3, 0.4) is 0 Å². The fourth-order valence-corrected chi connectivity index (χ4v) is 4.08. The second-order valence-electron chi connectivity index (χ2n) is 6.69. The first-order chi connectivity index (χ1) is 11.5. The molecule has 0 aromatic heterocycles. The summed E-state index contributed by atoms with van der Waals surface area (Å²) in [5.74, 6) is 1.67. The highest BCUT2D eigenvalue weighted by Gasteiger charge is 2.34. The molecule has 2 aliphatic heterocycles. The van der Waals surface area contributed by atoms with Gasteiger partial charge in [0.2, 0.25) is 5.91 Å². The lowest BCUT2D eigenvalue weighted by atomic mass is 9.90. The van der Waals surface area contributed by atoms with Gasteiger partial charge in [-0.05, 0) is 30.5 Å². The van der Waals surface area contributed by atoms with Gasteiger partial charge in [0.15, 0.2) is 11.5 Å². The molecule has 140 valence electrons. The highest BCUT2D eigenvalue weighted by atomic mass is 35.5. The predicted molar refractivity (Wildman–Crippen MR) is 98.9 cm³/mol. The minimum Gasteiger partial charge on any atom is -0.486 e. The van der Waals surface area contributed by atoms with Crippen LogP contribution in [0, 0.1) is 5.41 Å². The number of ether oxygens (including phenoxy) is 2. The molecule has 25 heavy (non-hydrogen) atoms. The minimum atomic E-state index is -1.23.